The van der Waals surface area contributed by atoms with Crippen LogP contribution in [0.1, 0.15) is 25.0 Å². The molecular formula is C20H27N5O. The Kier molecular flexibility index (Phi) is 5.42. The standard InChI is InChI=1S/C20H27N5O/c1-14(2)11-25(13-15-9-23-24(3)12-15)20(26)18(21)8-16-10-22-19-7-5-4-6-17(16)19/h4-7,9-10,12,14,18,22H,8,11,13,21H2,1-3H3/t18-/m1/s1. The topological polar surface area (TPSA) is 79.9 Å². The maximum absolute atomic E-state index is 13.0. The molecule has 1 amide bonds. The molecule has 3 aromatic rings. The first-order valence-corrected chi connectivity index (χ1v) is 9.01. The van der Waals surface area contributed by atoms with E-state index >= 15 is 0 Å². The van der Waals surface area contributed by atoms with E-state index in [4.69, 9.17) is 5.73 Å². The Labute approximate surface area is 154 Å². The number of nitrogens with two attached hydrogens (primary N) is 1. The van der Waals surface area contributed by atoms with Crippen LogP contribution in [0.5, 0.6) is 0 Å². The molecule has 0 fully saturated rings. The minimum absolute atomic E-state index is 0.0205. The van der Waals surface area contributed by atoms with E-state index in [0.29, 0.717) is 25.4 Å². The molecule has 3 rings (SSSR count). The Hall–Kier alpha value is -2.60. The summed E-state index contributed by atoms with van der Waals surface area (Å²) in [7, 11) is 1.88. The molecule has 0 saturated heterocycles. The zero-order chi connectivity index (χ0) is 18.7. The highest BCUT2D eigenvalue weighted by Gasteiger charge is 2.23. The minimum atomic E-state index is -0.565. The predicted molar refractivity (Wildman–Crippen MR) is 103 cm³/mol. The van der Waals surface area contributed by atoms with Crippen molar-refractivity contribution in [3.05, 3.63) is 54.0 Å². The number of nitrogens with zero attached hydrogens (tertiary/aromatic N) is 3. The van der Waals surface area contributed by atoms with E-state index in [9.17, 15) is 4.79 Å². The van der Waals surface area contributed by atoms with Crippen molar-refractivity contribution < 1.29 is 4.79 Å². The Morgan fingerprint density at radius 2 is 2.12 bits per heavy atom. The molecule has 0 spiro atoms. The summed E-state index contributed by atoms with van der Waals surface area (Å²) >= 11 is 0. The van der Waals surface area contributed by atoms with Gasteiger partial charge in [0.25, 0.3) is 0 Å². The molecule has 138 valence electrons. The van der Waals surface area contributed by atoms with Crippen LogP contribution in [0.25, 0.3) is 10.9 Å². The number of amides is 1. The van der Waals surface area contributed by atoms with E-state index in [0.717, 1.165) is 22.0 Å². The van der Waals surface area contributed by atoms with Gasteiger partial charge in [-0.25, -0.2) is 0 Å². The highest BCUT2D eigenvalue weighted by Crippen LogP contribution is 2.19. The molecule has 6 heteroatoms. The highest BCUT2D eigenvalue weighted by molar-refractivity contribution is 5.86. The summed E-state index contributed by atoms with van der Waals surface area (Å²) in [5.74, 6) is 0.351. The number of carbonyl (C=O) groups excluding carboxylic acids is 1. The smallest absolute Gasteiger partial charge is 0.240 e. The van der Waals surface area contributed by atoms with E-state index in [1.807, 2.05) is 42.5 Å². The number of rotatable bonds is 7. The average Bonchev–Trinajstić information content (AvgIpc) is 3.20. The summed E-state index contributed by atoms with van der Waals surface area (Å²) in [6, 6.07) is 7.51. The monoisotopic (exact) mass is 353 g/mol. The van der Waals surface area contributed by atoms with Gasteiger partial charge in [-0.1, -0.05) is 32.0 Å². The van der Waals surface area contributed by atoms with Gasteiger partial charge < -0.3 is 15.6 Å². The van der Waals surface area contributed by atoms with Gasteiger partial charge in [0.15, 0.2) is 0 Å². The van der Waals surface area contributed by atoms with Crippen molar-refractivity contribution in [2.24, 2.45) is 18.7 Å². The van der Waals surface area contributed by atoms with Crippen LogP contribution in [0.15, 0.2) is 42.9 Å². The van der Waals surface area contributed by atoms with Gasteiger partial charge in [-0.2, -0.15) is 5.10 Å². The van der Waals surface area contributed by atoms with Crippen molar-refractivity contribution in [1.29, 1.82) is 0 Å². The molecule has 26 heavy (non-hydrogen) atoms. The van der Waals surface area contributed by atoms with Crippen LogP contribution in [0, 0.1) is 5.92 Å². The number of para-hydroxylation sites is 1. The Morgan fingerprint density at radius 3 is 2.81 bits per heavy atom. The second-order valence-corrected chi connectivity index (χ2v) is 7.30. The van der Waals surface area contributed by atoms with Crippen LogP contribution < -0.4 is 5.73 Å². The van der Waals surface area contributed by atoms with Crippen molar-refractivity contribution in [3.8, 4) is 0 Å². The first kappa shape index (κ1) is 18.2. The van der Waals surface area contributed by atoms with E-state index in [2.05, 4.69) is 30.0 Å². The molecule has 1 atom stereocenters. The summed E-state index contributed by atoms with van der Waals surface area (Å²) in [6.45, 7) is 5.42. The third-order valence-corrected chi connectivity index (χ3v) is 4.46. The SMILES string of the molecule is CC(C)CN(Cc1cnn(C)c1)C(=O)[C@H](N)Cc1c[nH]c2ccccc12. The minimum Gasteiger partial charge on any atom is -0.361 e. The van der Waals surface area contributed by atoms with Crippen LogP contribution in [-0.4, -0.2) is 38.2 Å². The molecule has 0 bridgehead atoms. The third kappa shape index (κ3) is 4.14. The van der Waals surface area contributed by atoms with E-state index in [1.165, 1.54) is 0 Å². The first-order valence-electron chi connectivity index (χ1n) is 9.01. The normalized spacial score (nSPS) is 12.7. The summed E-state index contributed by atoms with van der Waals surface area (Å²) in [5.41, 5.74) is 9.47. The van der Waals surface area contributed by atoms with Crippen LogP contribution in [0.2, 0.25) is 0 Å². The average molecular weight is 353 g/mol. The van der Waals surface area contributed by atoms with E-state index in [1.54, 1.807) is 10.9 Å². The summed E-state index contributed by atoms with van der Waals surface area (Å²) < 4.78 is 1.75. The molecule has 1 aromatic carbocycles. The largest absolute Gasteiger partial charge is 0.361 e. The number of fused-ring (bicyclic) bond motifs is 1. The Bertz CT molecular complexity index is 879. The molecule has 0 aliphatic carbocycles. The fourth-order valence-corrected chi connectivity index (χ4v) is 3.31. The zero-order valence-electron chi connectivity index (χ0n) is 15.6. The van der Waals surface area contributed by atoms with Crippen molar-refractivity contribution in [2.45, 2.75) is 32.9 Å². The number of carbonyl (C=O) groups is 1. The lowest BCUT2D eigenvalue weighted by Gasteiger charge is -2.27. The van der Waals surface area contributed by atoms with Gasteiger partial charge in [0.05, 0.1) is 12.2 Å². The number of aromatic nitrogens is 3. The summed E-state index contributed by atoms with van der Waals surface area (Å²) in [4.78, 5) is 18.1. The lowest BCUT2D eigenvalue weighted by atomic mass is 10.0. The lowest BCUT2D eigenvalue weighted by Crippen LogP contribution is -2.45. The van der Waals surface area contributed by atoms with Gasteiger partial charge >= 0.3 is 0 Å². The number of H-pyrrole nitrogens is 1. The van der Waals surface area contributed by atoms with Gasteiger partial charge in [-0.15, -0.1) is 0 Å². The van der Waals surface area contributed by atoms with Gasteiger partial charge in [0.2, 0.25) is 5.91 Å². The Morgan fingerprint density at radius 1 is 1.35 bits per heavy atom. The number of hydrogen-bond donors (Lipinski definition) is 2. The second kappa shape index (κ2) is 7.74. The van der Waals surface area contributed by atoms with Gasteiger partial charge in [0, 0.05) is 49.0 Å². The number of hydrogen-bond acceptors (Lipinski definition) is 3. The molecule has 3 N–H and O–H groups in total. The molecule has 0 aliphatic heterocycles. The van der Waals surface area contributed by atoms with Crippen LogP contribution in [0.3, 0.4) is 0 Å². The number of benzene rings is 1. The first-order chi connectivity index (χ1) is 12.4. The van der Waals surface area contributed by atoms with Crippen molar-refractivity contribution >= 4 is 16.8 Å². The maximum Gasteiger partial charge on any atom is 0.240 e. The molecule has 0 radical (unpaired) electrons. The van der Waals surface area contributed by atoms with Crippen molar-refractivity contribution in [3.63, 3.8) is 0 Å². The van der Waals surface area contributed by atoms with Crippen molar-refractivity contribution in [1.82, 2.24) is 19.7 Å². The maximum atomic E-state index is 13.0. The lowest BCUT2D eigenvalue weighted by molar-refractivity contribution is -0.133. The van der Waals surface area contributed by atoms with Gasteiger partial charge in [0.1, 0.15) is 0 Å². The van der Waals surface area contributed by atoms with Crippen LogP contribution >= 0.6 is 0 Å². The van der Waals surface area contributed by atoms with E-state index in [-0.39, 0.29) is 5.91 Å². The third-order valence-electron chi connectivity index (χ3n) is 4.46. The fourth-order valence-electron chi connectivity index (χ4n) is 3.31. The highest BCUT2D eigenvalue weighted by atomic mass is 16.2. The van der Waals surface area contributed by atoms with Gasteiger partial charge in [-0.05, 0) is 24.0 Å². The predicted octanol–water partition coefficient (Wildman–Crippen LogP) is 2.46. The Balaban J connectivity index is 1.74. The molecule has 2 heterocycles. The van der Waals surface area contributed by atoms with E-state index < -0.39 is 6.04 Å². The molecule has 0 aliphatic rings. The molecule has 6 nitrogen and oxygen atoms in total. The molecular weight excluding hydrogens is 326 g/mol. The summed E-state index contributed by atoms with van der Waals surface area (Å²) in [5, 5.41) is 5.31. The number of aryl methyl sites for hydroxylation is 1. The van der Waals surface area contributed by atoms with Crippen LogP contribution in [0.4, 0.5) is 0 Å². The molecule has 2 aromatic heterocycles. The van der Waals surface area contributed by atoms with Gasteiger partial charge in [-0.3, -0.25) is 9.48 Å². The fraction of sp³-hybridized carbons (Fsp3) is 0.400. The quantitative estimate of drug-likeness (QED) is 0.685. The number of nitrogens with one attached hydrogen (secondary N) is 1. The van der Waals surface area contributed by atoms with Crippen LogP contribution in [-0.2, 0) is 24.8 Å². The second-order valence-electron chi connectivity index (χ2n) is 7.30. The van der Waals surface area contributed by atoms with Crippen molar-refractivity contribution in [2.75, 3.05) is 6.54 Å². The summed E-state index contributed by atoms with van der Waals surface area (Å²) in [6.07, 6.45) is 6.20. The molecule has 0 unspecified atom stereocenters. The zero-order valence-corrected chi connectivity index (χ0v) is 15.6. The molecule has 0 saturated carbocycles. The number of aromatic amines is 1.